The van der Waals surface area contributed by atoms with E-state index in [4.69, 9.17) is 14.2 Å². The largest absolute Gasteiger partial charge is 0.493 e. The van der Waals surface area contributed by atoms with Gasteiger partial charge in [-0.3, -0.25) is 4.99 Å². The molecule has 4 nitrogen and oxygen atoms in total. The van der Waals surface area contributed by atoms with Crippen molar-refractivity contribution in [1.82, 2.24) is 0 Å². The Morgan fingerprint density at radius 2 is 1.96 bits per heavy atom. The summed E-state index contributed by atoms with van der Waals surface area (Å²) in [7, 11) is 3.26. The molecule has 0 N–H and O–H groups in total. The summed E-state index contributed by atoms with van der Waals surface area (Å²) < 4.78 is 16.0. The zero-order chi connectivity index (χ0) is 18.9. The van der Waals surface area contributed by atoms with Gasteiger partial charge in [0.2, 0.25) is 0 Å². The highest BCUT2D eigenvalue weighted by Crippen LogP contribution is 2.31. The SMILES string of the molecule is C=C(\C=C/C=N\C(=C/C1CO1)c1ccc(OC)c(OC)c1)C(CC)CC. The highest BCUT2D eigenvalue weighted by molar-refractivity contribution is 5.81. The maximum atomic E-state index is 5.39. The third-order valence-corrected chi connectivity index (χ3v) is 4.50. The van der Waals surface area contributed by atoms with Crippen LogP contribution in [0.15, 0.2) is 53.6 Å². The van der Waals surface area contributed by atoms with Crippen LogP contribution in [-0.2, 0) is 4.74 Å². The van der Waals surface area contributed by atoms with E-state index in [2.05, 4.69) is 25.4 Å². The van der Waals surface area contributed by atoms with Gasteiger partial charge in [0.25, 0.3) is 0 Å². The molecule has 1 aliphatic rings. The Balaban J connectivity index is 2.17. The van der Waals surface area contributed by atoms with Crippen LogP contribution < -0.4 is 9.47 Å². The van der Waals surface area contributed by atoms with Crippen LogP contribution in [0.3, 0.4) is 0 Å². The van der Waals surface area contributed by atoms with E-state index in [1.807, 2.05) is 36.4 Å². The van der Waals surface area contributed by atoms with Crippen molar-refractivity contribution in [3.63, 3.8) is 0 Å². The van der Waals surface area contributed by atoms with E-state index in [-0.39, 0.29) is 6.10 Å². The average Bonchev–Trinajstić information content (AvgIpc) is 3.48. The fourth-order valence-electron chi connectivity index (χ4n) is 2.78. The summed E-state index contributed by atoms with van der Waals surface area (Å²) in [6.45, 7) is 9.28. The number of allylic oxidation sites excluding steroid dienone is 3. The molecular weight excluding hydrogens is 326 g/mol. The van der Waals surface area contributed by atoms with Gasteiger partial charge in [-0.25, -0.2) is 0 Å². The highest BCUT2D eigenvalue weighted by atomic mass is 16.6. The summed E-state index contributed by atoms with van der Waals surface area (Å²) in [5.74, 6) is 1.91. The van der Waals surface area contributed by atoms with Crippen LogP contribution in [0.1, 0.15) is 32.3 Å². The number of benzene rings is 1. The number of hydrogen-bond acceptors (Lipinski definition) is 4. The lowest BCUT2D eigenvalue weighted by Crippen LogP contribution is -1.97. The molecule has 1 aliphatic heterocycles. The zero-order valence-corrected chi connectivity index (χ0v) is 16.2. The monoisotopic (exact) mass is 355 g/mol. The number of ether oxygens (including phenoxy) is 3. The molecule has 1 aromatic carbocycles. The van der Waals surface area contributed by atoms with Gasteiger partial charge >= 0.3 is 0 Å². The molecule has 0 bridgehead atoms. The van der Waals surface area contributed by atoms with Gasteiger partial charge in [-0.05, 0) is 49.1 Å². The number of epoxide rings is 1. The molecule has 2 rings (SSSR count). The summed E-state index contributed by atoms with van der Waals surface area (Å²) in [5, 5.41) is 0. The molecule has 0 aromatic heterocycles. The minimum absolute atomic E-state index is 0.138. The first kappa shape index (κ1) is 20.0. The van der Waals surface area contributed by atoms with Gasteiger partial charge in [0.1, 0.15) is 6.10 Å². The standard InChI is InChI=1S/C22H29NO3/c1-6-17(7-2)16(3)9-8-12-23-20(14-19-15-26-19)18-10-11-21(24-4)22(13-18)25-5/h8-14,17,19H,3,6-7,15H2,1-2,4-5H3/b9-8-,20-14-,23-12-. The number of methoxy groups -OCH3 is 2. The summed E-state index contributed by atoms with van der Waals surface area (Å²) in [5.41, 5.74) is 2.96. The highest BCUT2D eigenvalue weighted by Gasteiger charge is 2.21. The van der Waals surface area contributed by atoms with Crippen molar-refractivity contribution in [3.05, 3.63) is 54.1 Å². The van der Waals surface area contributed by atoms with Crippen molar-refractivity contribution in [3.8, 4) is 11.5 Å². The molecule has 1 atom stereocenters. The van der Waals surface area contributed by atoms with Gasteiger partial charge in [0, 0.05) is 11.8 Å². The maximum absolute atomic E-state index is 5.39. The molecule has 1 unspecified atom stereocenters. The normalized spacial score (nSPS) is 17.3. The van der Waals surface area contributed by atoms with Crippen LogP contribution in [0.5, 0.6) is 11.5 Å². The fourth-order valence-corrected chi connectivity index (χ4v) is 2.78. The van der Waals surface area contributed by atoms with Crippen molar-refractivity contribution in [2.45, 2.75) is 32.8 Å². The predicted molar refractivity (Wildman–Crippen MR) is 108 cm³/mol. The number of rotatable bonds is 10. The second-order valence-corrected chi connectivity index (χ2v) is 6.22. The van der Waals surface area contributed by atoms with E-state index in [0.717, 1.165) is 36.3 Å². The maximum Gasteiger partial charge on any atom is 0.161 e. The van der Waals surface area contributed by atoms with Crippen LogP contribution >= 0.6 is 0 Å². The van der Waals surface area contributed by atoms with Crippen molar-refractivity contribution in [2.24, 2.45) is 10.9 Å². The Morgan fingerprint density at radius 1 is 1.27 bits per heavy atom. The van der Waals surface area contributed by atoms with Crippen LogP contribution in [0.25, 0.3) is 5.70 Å². The van der Waals surface area contributed by atoms with E-state index in [0.29, 0.717) is 17.4 Å². The number of aliphatic imine (C=N–C) groups is 1. The smallest absolute Gasteiger partial charge is 0.161 e. The first-order valence-corrected chi connectivity index (χ1v) is 9.08. The van der Waals surface area contributed by atoms with Crippen LogP contribution in [0, 0.1) is 5.92 Å². The van der Waals surface area contributed by atoms with Gasteiger partial charge in [0.05, 0.1) is 26.5 Å². The molecule has 0 radical (unpaired) electrons. The zero-order valence-electron chi connectivity index (χ0n) is 16.2. The quantitative estimate of drug-likeness (QED) is 0.335. The summed E-state index contributed by atoms with van der Waals surface area (Å²) in [6, 6.07) is 5.78. The first-order chi connectivity index (χ1) is 12.6. The molecule has 4 heteroatoms. The topological polar surface area (TPSA) is 43.4 Å². The van der Waals surface area contributed by atoms with Crippen LogP contribution in [-0.4, -0.2) is 33.1 Å². The number of hydrogen-bond donors (Lipinski definition) is 0. The molecule has 140 valence electrons. The fraction of sp³-hybridized carbons (Fsp3) is 0.409. The summed E-state index contributed by atoms with van der Waals surface area (Å²) >= 11 is 0. The van der Waals surface area contributed by atoms with Gasteiger partial charge < -0.3 is 14.2 Å². The van der Waals surface area contributed by atoms with Crippen molar-refractivity contribution in [1.29, 1.82) is 0 Å². The molecule has 0 spiro atoms. The summed E-state index contributed by atoms with van der Waals surface area (Å²) in [4.78, 5) is 4.62. The Hall–Kier alpha value is -2.33. The molecule has 1 aromatic rings. The average molecular weight is 355 g/mol. The second kappa shape index (κ2) is 9.97. The summed E-state index contributed by atoms with van der Waals surface area (Å²) in [6.07, 6.45) is 10.2. The van der Waals surface area contributed by atoms with Crippen molar-refractivity contribution in [2.75, 3.05) is 20.8 Å². The molecule has 1 heterocycles. The third-order valence-electron chi connectivity index (χ3n) is 4.50. The predicted octanol–water partition coefficient (Wildman–Crippen LogP) is 5.06. The molecular formula is C22H29NO3. The van der Waals surface area contributed by atoms with Crippen molar-refractivity contribution >= 4 is 11.9 Å². The Kier molecular flexibility index (Phi) is 7.67. The van der Waals surface area contributed by atoms with Crippen LogP contribution in [0.2, 0.25) is 0 Å². The van der Waals surface area contributed by atoms with E-state index < -0.39 is 0 Å². The lowest BCUT2D eigenvalue weighted by molar-refractivity contribution is 0.355. The van der Waals surface area contributed by atoms with Gasteiger partial charge in [-0.15, -0.1) is 0 Å². The number of nitrogens with zero attached hydrogens (tertiary/aromatic N) is 1. The van der Waals surface area contributed by atoms with E-state index >= 15 is 0 Å². The van der Waals surface area contributed by atoms with Gasteiger partial charge in [-0.2, -0.15) is 0 Å². The Labute approximate surface area is 156 Å². The van der Waals surface area contributed by atoms with Crippen LogP contribution in [0.4, 0.5) is 0 Å². The second-order valence-electron chi connectivity index (χ2n) is 6.22. The molecule has 0 aliphatic carbocycles. The Bertz CT molecular complexity index is 695. The van der Waals surface area contributed by atoms with Gasteiger partial charge in [0.15, 0.2) is 11.5 Å². The van der Waals surface area contributed by atoms with E-state index in [1.165, 1.54) is 0 Å². The van der Waals surface area contributed by atoms with Crippen molar-refractivity contribution < 1.29 is 14.2 Å². The lowest BCUT2D eigenvalue weighted by Gasteiger charge is -2.11. The molecule has 0 amide bonds. The Morgan fingerprint density at radius 3 is 2.54 bits per heavy atom. The van der Waals surface area contributed by atoms with Gasteiger partial charge in [-0.1, -0.05) is 32.1 Å². The molecule has 1 fully saturated rings. The first-order valence-electron chi connectivity index (χ1n) is 9.08. The van der Waals surface area contributed by atoms with E-state index in [9.17, 15) is 0 Å². The lowest BCUT2D eigenvalue weighted by atomic mass is 9.95. The molecule has 0 saturated carbocycles. The molecule has 1 saturated heterocycles. The minimum atomic E-state index is 0.138. The van der Waals surface area contributed by atoms with E-state index in [1.54, 1.807) is 20.4 Å². The molecule has 26 heavy (non-hydrogen) atoms. The minimum Gasteiger partial charge on any atom is -0.493 e. The third kappa shape index (κ3) is 5.60.